The number of nitrogens with two attached hydrogens (primary N) is 1. The van der Waals surface area contributed by atoms with Crippen molar-refractivity contribution in [2.45, 2.75) is 32.2 Å². The van der Waals surface area contributed by atoms with Crippen LogP contribution in [-0.4, -0.2) is 55.5 Å². The Morgan fingerprint density at radius 3 is 2.67 bits per heavy atom. The summed E-state index contributed by atoms with van der Waals surface area (Å²) in [6.45, 7) is 5.25. The maximum Gasteiger partial charge on any atom is 0.236 e. The Labute approximate surface area is 115 Å². The lowest BCUT2D eigenvalue weighted by Gasteiger charge is -2.38. The summed E-state index contributed by atoms with van der Waals surface area (Å²) in [6, 6.07) is -0.354. The van der Waals surface area contributed by atoms with Crippen LogP contribution in [0.4, 0.5) is 0 Å². The summed E-state index contributed by atoms with van der Waals surface area (Å²) in [4.78, 5) is 14.2. The van der Waals surface area contributed by atoms with Crippen molar-refractivity contribution in [2.24, 2.45) is 11.1 Å². The molecule has 3 N–H and O–H groups in total. The highest BCUT2D eigenvalue weighted by Crippen LogP contribution is 2.29. The number of carbonyl (C=O) groups excluding carboxylic acids is 1. The van der Waals surface area contributed by atoms with Crippen molar-refractivity contribution in [2.75, 3.05) is 38.7 Å². The van der Waals surface area contributed by atoms with Gasteiger partial charge in [0.05, 0.1) is 6.04 Å². The number of amides is 1. The number of thioether (sulfide) groups is 1. The van der Waals surface area contributed by atoms with E-state index in [1.54, 1.807) is 11.8 Å². The molecule has 0 aromatic carbocycles. The summed E-state index contributed by atoms with van der Waals surface area (Å²) < 4.78 is 0. The molecule has 0 saturated carbocycles. The van der Waals surface area contributed by atoms with Crippen molar-refractivity contribution in [3.8, 4) is 0 Å². The molecule has 1 amide bonds. The molecule has 0 radical (unpaired) electrons. The van der Waals surface area contributed by atoms with Crippen molar-refractivity contribution in [1.29, 1.82) is 0 Å². The van der Waals surface area contributed by atoms with Gasteiger partial charge in [-0.05, 0) is 56.8 Å². The molecular weight excluding hydrogens is 246 g/mol. The van der Waals surface area contributed by atoms with E-state index < -0.39 is 0 Å². The Hall–Kier alpha value is -0.260. The van der Waals surface area contributed by atoms with Gasteiger partial charge >= 0.3 is 0 Å². The summed E-state index contributed by atoms with van der Waals surface area (Å²) in [5.74, 6) is 0.945. The lowest BCUT2D eigenvalue weighted by atomic mass is 9.80. The third-order valence-electron chi connectivity index (χ3n) is 3.85. The van der Waals surface area contributed by atoms with Gasteiger partial charge in [0, 0.05) is 6.54 Å². The summed E-state index contributed by atoms with van der Waals surface area (Å²) in [5.41, 5.74) is 6.09. The molecular formula is C13H27N3OS. The molecule has 1 atom stereocenters. The lowest BCUT2D eigenvalue weighted by molar-refractivity contribution is -0.123. The molecule has 1 aliphatic rings. The van der Waals surface area contributed by atoms with Crippen LogP contribution in [0.2, 0.25) is 0 Å². The largest absolute Gasteiger partial charge is 0.354 e. The Kier molecular flexibility index (Phi) is 6.46. The summed E-state index contributed by atoms with van der Waals surface area (Å²) in [6.07, 6.45) is 5.07. The van der Waals surface area contributed by atoms with Gasteiger partial charge in [-0.25, -0.2) is 0 Å². The van der Waals surface area contributed by atoms with Gasteiger partial charge in [0.2, 0.25) is 5.91 Å². The molecule has 0 bridgehead atoms. The molecule has 0 aliphatic carbocycles. The highest BCUT2D eigenvalue weighted by molar-refractivity contribution is 7.98. The minimum Gasteiger partial charge on any atom is -0.354 e. The second-order valence-electron chi connectivity index (χ2n) is 5.72. The normalized spacial score (nSPS) is 21.6. The number of nitrogens with one attached hydrogen (secondary N) is 1. The first-order valence-electron chi connectivity index (χ1n) is 6.68. The van der Waals surface area contributed by atoms with Crippen LogP contribution in [0.15, 0.2) is 0 Å². The standard InChI is InChI=1S/C13H27N3OS/c1-13(5-7-16(2)8-6-13)10-15-12(17)11(14)4-9-18-3/h11H,4-10,14H2,1-3H3,(H,15,17)/t11-/m1/s1. The Morgan fingerprint density at radius 1 is 1.50 bits per heavy atom. The Morgan fingerprint density at radius 2 is 2.11 bits per heavy atom. The number of rotatable bonds is 6. The van der Waals surface area contributed by atoms with E-state index >= 15 is 0 Å². The first-order chi connectivity index (χ1) is 8.47. The smallest absolute Gasteiger partial charge is 0.236 e. The summed E-state index contributed by atoms with van der Waals surface area (Å²) in [7, 11) is 2.15. The number of carbonyl (C=O) groups is 1. The minimum atomic E-state index is -0.354. The average Bonchev–Trinajstić information content (AvgIpc) is 2.37. The van der Waals surface area contributed by atoms with Gasteiger partial charge in [-0.3, -0.25) is 4.79 Å². The van der Waals surface area contributed by atoms with Gasteiger partial charge in [-0.15, -0.1) is 0 Å². The molecule has 0 unspecified atom stereocenters. The molecule has 0 spiro atoms. The highest BCUT2D eigenvalue weighted by Gasteiger charge is 2.29. The quantitative estimate of drug-likeness (QED) is 0.755. The van der Waals surface area contributed by atoms with E-state index in [0.29, 0.717) is 0 Å². The molecule has 1 saturated heterocycles. The summed E-state index contributed by atoms with van der Waals surface area (Å²) in [5, 5.41) is 3.02. The molecule has 4 nitrogen and oxygen atoms in total. The monoisotopic (exact) mass is 273 g/mol. The molecule has 1 fully saturated rings. The lowest BCUT2D eigenvalue weighted by Crippen LogP contribution is -2.47. The number of hydrogen-bond donors (Lipinski definition) is 2. The Balaban J connectivity index is 2.29. The van der Waals surface area contributed by atoms with Crippen molar-refractivity contribution < 1.29 is 4.79 Å². The predicted octanol–water partition coefficient (Wildman–Crippen LogP) is 0.915. The van der Waals surface area contributed by atoms with E-state index in [4.69, 9.17) is 5.73 Å². The van der Waals surface area contributed by atoms with Crippen molar-refractivity contribution in [1.82, 2.24) is 10.2 Å². The number of piperidine rings is 1. The van der Waals surface area contributed by atoms with Gasteiger partial charge in [0.1, 0.15) is 0 Å². The maximum atomic E-state index is 11.8. The second kappa shape index (κ2) is 7.36. The molecule has 18 heavy (non-hydrogen) atoms. The SMILES string of the molecule is CSCC[C@@H](N)C(=O)NCC1(C)CCN(C)CC1. The zero-order valence-corrected chi connectivity index (χ0v) is 12.7. The van der Waals surface area contributed by atoms with Crippen molar-refractivity contribution in [3.05, 3.63) is 0 Å². The van der Waals surface area contributed by atoms with Crippen LogP contribution in [0, 0.1) is 5.41 Å². The van der Waals surface area contributed by atoms with Gasteiger partial charge in [-0.2, -0.15) is 11.8 Å². The zero-order chi connectivity index (χ0) is 13.6. The van der Waals surface area contributed by atoms with Crippen LogP contribution < -0.4 is 11.1 Å². The molecule has 0 aromatic rings. The van der Waals surface area contributed by atoms with Crippen LogP contribution in [0.1, 0.15) is 26.2 Å². The fourth-order valence-corrected chi connectivity index (χ4v) is 2.63. The van der Waals surface area contributed by atoms with Crippen LogP contribution in [-0.2, 0) is 4.79 Å². The van der Waals surface area contributed by atoms with E-state index in [9.17, 15) is 4.79 Å². The highest BCUT2D eigenvalue weighted by atomic mass is 32.2. The van der Waals surface area contributed by atoms with E-state index in [1.165, 1.54) is 0 Å². The topological polar surface area (TPSA) is 58.4 Å². The third-order valence-corrected chi connectivity index (χ3v) is 4.50. The van der Waals surface area contributed by atoms with Gasteiger partial charge in [0.15, 0.2) is 0 Å². The molecule has 0 aromatic heterocycles. The van der Waals surface area contributed by atoms with Crippen LogP contribution in [0.25, 0.3) is 0 Å². The first-order valence-corrected chi connectivity index (χ1v) is 8.07. The van der Waals surface area contributed by atoms with Crippen molar-refractivity contribution >= 4 is 17.7 Å². The minimum absolute atomic E-state index is 0.00389. The van der Waals surface area contributed by atoms with E-state index in [2.05, 4.69) is 24.2 Å². The first kappa shape index (κ1) is 15.8. The number of hydrogen-bond acceptors (Lipinski definition) is 4. The third kappa shape index (κ3) is 5.16. The molecule has 106 valence electrons. The van der Waals surface area contributed by atoms with Gasteiger partial charge in [0.25, 0.3) is 0 Å². The van der Waals surface area contributed by atoms with Gasteiger partial charge in [-0.1, -0.05) is 6.92 Å². The fourth-order valence-electron chi connectivity index (χ4n) is 2.14. The molecule has 1 heterocycles. The van der Waals surface area contributed by atoms with Crippen molar-refractivity contribution in [3.63, 3.8) is 0 Å². The fraction of sp³-hybridized carbons (Fsp3) is 0.923. The Bertz CT molecular complexity index is 265. The summed E-state index contributed by atoms with van der Waals surface area (Å²) >= 11 is 1.73. The van der Waals surface area contributed by atoms with E-state index in [-0.39, 0.29) is 17.4 Å². The van der Waals surface area contributed by atoms with Gasteiger partial charge < -0.3 is 16.0 Å². The van der Waals surface area contributed by atoms with Crippen LogP contribution in [0.5, 0.6) is 0 Å². The zero-order valence-electron chi connectivity index (χ0n) is 11.9. The maximum absolute atomic E-state index is 11.8. The van der Waals surface area contributed by atoms with E-state index in [0.717, 1.165) is 44.6 Å². The molecule has 1 aliphatic heterocycles. The number of nitrogens with zero attached hydrogens (tertiary/aromatic N) is 1. The average molecular weight is 273 g/mol. The van der Waals surface area contributed by atoms with Crippen LogP contribution in [0.3, 0.4) is 0 Å². The molecule has 5 heteroatoms. The second-order valence-corrected chi connectivity index (χ2v) is 6.71. The van der Waals surface area contributed by atoms with E-state index in [1.807, 2.05) is 6.26 Å². The molecule has 1 rings (SSSR count). The number of likely N-dealkylation sites (tertiary alicyclic amines) is 1. The van der Waals surface area contributed by atoms with Crippen LogP contribution >= 0.6 is 11.8 Å². The predicted molar refractivity (Wildman–Crippen MR) is 78.8 cm³/mol.